The van der Waals surface area contributed by atoms with Crippen molar-refractivity contribution in [2.24, 2.45) is 5.41 Å². The summed E-state index contributed by atoms with van der Waals surface area (Å²) in [5, 5.41) is 62.0. The van der Waals surface area contributed by atoms with Crippen LogP contribution in [0, 0.1) is 5.41 Å². The molecule has 1 saturated heterocycles. The number of carbonyl (C=O) groups excluding carboxylic acids is 2. The van der Waals surface area contributed by atoms with Gasteiger partial charge in [-0.2, -0.15) is 0 Å². The van der Waals surface area contributed by atoms with E-state index in [-0.39, 0.29) is 13.0 Å². The molecule has 1 aliphatic heterocycles. The third-order valence-corrected chi connectivity index (χ3v) is 4.28. The van der Waals surface area contributed by atoms with Gasteiger partial charge in [-0.3, -0.25) is 9.59 Å². The van der Waals surface area contributed by atoms with Crippen LogP contribution < -0.4 is 10.6 Å². The van der Waals surface area contributed by atoms with Gasteiger partial charge >= 0.3 is 0 Å². The molecule has 26 heavy (non-hydrogen) atoms. The molecule has 0 aliphatic carbocycles. The molecule has 0 spiro atoms. The van der Waals surface area contributed by atoms with Crippen molar-refractivity contribution in [3.8, 4) is 0 Å². The molecule has 1 rings (SSSR count). The lowest BCUT2D eigenvalue weighted by atomic mass is 9.87. The minimum absolute atomic E-state index is 0.134. The van der Waals surface area contributed by atoms with Crippen molar-refractivity contribution < 1.29 is 45.0 Å². The van der Waals surface area contributed by atoms with Crippen LogP contribution in [0.5, 0.6) is 0 Å². The van der Waals surface area contributed by atoms with Crippen LogP contribution in [0.1, 0.15) is 20.3 Å². The van der Waals surface area contributed by atoms with E-state index in [2.05, 4.69) is 10.6 Å². The van der Waals surface area contributed by atoms with Crippen LogP contribution in [-0.4, -0.2) is 99.0 Å². The largest absolute Gasteiger partial charge is 0.396 e. The first kappa shape index (κ1) is 22.7. The molecule has 11 nitrogen and oxygen atoms in total. The van der Waals surface area contributed by atoms with Gasteiger partial charge < -0.3 is 46.0 Å². The number of carbonyl (C=O) groups is 2. The van der Waals surface area contributed by atoms with Crippen LogP contribution in [0.15, 0.2) is 0 Å². The summed E-state index contributed by atoms with van der Waals surface area (Å²) in [7, 11) is 0. The Bertz CT molecular complexity index is 488. The third kappa shape index (κ3) is 5.58. The normalized spacial score (nSPS) is 30.5. The molecule has 2 amide bonds. The Balaban J connectivity index is 2.46. The summed E-state index contributed by atoms with van der Waals surface area (Å²) in [4.78, 5) is 23.7. The number of rotatable bonds is 8. The predicted octanol–water partition coefficient (Wildman–Crippen LogP) is -4.21. The van der Waals surface area contributed by atoms with Crippen LogP contribution in [-0.2, 0) is 14.3 Å². The van der Waals surface area contributed by atoms with E-state index >= 15 is 0 Å². The van der Waals surface area contributed by atoms with E-state index < -0.39 is 67.2 Å². The van der Waals surface area contributed by atoms with E-state index in [1.54, 1.807) is 0 Å². The van der Waals surface area contributed by atoms with Crippen molar-refractivity contribution >= 4 is 11.8 Å². The zero-order valence-corrected chi connectivity index (χ0v) is 14.7. The van der Waals surface area contributed by atoms with Crippen molar-refractivity contribution in [2.45, 2.75) is 57.0 Å². The standard InChI is InChI=1S/C15H28N2O9/c1-15(2,6-19)12(23)13(24)16-4-3-8(20)17-9-11(22)10(21)7(5-18)26-14(9)25/h7,9-12,14,18-19,21-23,25H,3-6H2,1-2H3,(H,16,24)(H,17,20)/t7-,9-,10-,11-,12+,14?/m1/s1. The summed E-state index contributed by atoms with van der Waals surface area (Å²) in [6.07, 6.45) is -7.55. The second kappa shape index (κ2) is 9.55. The number of hydrogen-bond donors (Lipinski definition) is 8. The molecule has 0 aromatic rings. The minimum Gasteiger partial charge on any atom is -0.396 e. The van der Waals surface area contributed by atoms with Crippen molar-refractivity contribution in [3.05, 3.63) is 0 Å². The van der Waals surface area contributed by atoms with Crippen molar-refractivity contribution in [3.63, 3.8) is 0 Å². The number of ether oxygens (including phenoxy) is 1. The lowest BCUT2D eigenvalue weighted by Gasteiger charge is -2.40. The molecular formula is C15H28N2O9. The molecule has 0 aromatic carbocycles. The highest BCUT2D eigenvalue weighted by molar-refractivity contribution is 5.82. The minimum atomic E-state index is -1.63. The maximum atomic E-state index is 11.9. The van der Waals surface area contributed by atoms with Gasteiger partial charge in [0.15, 0.2) is 6.29 Å². The molecule has 0 saturated carbocycles. The maximum absolute atomic E-state index is 11.9. The van der Waals surface area contributed by atoms with Gasteiger partial charge in [0.2, 0.25) is 11.8 Å². The van der Waals surface area contributed by atoms with E-state index in [9.17, 15) is 30.0 Å². The molecule has 1 unspecified atom stereocenters. The van der Waals surface area contributed by atoms with E-state index in [1.165, 1.54) is 13.8 Å². The second-order valence-electron chi connectivity index (χ2n) is 6.91. The molecule has 8 N–H and O–H groups in total. The Hall–Kier alpha value is -1.34. The fourth-order valence-electron chi connectivity index (χ4n) is 2.35. The molecule has 0 bridgehead atoms. The molecule has 0 aromatic heterocycles. The Morgan fingerprint density at radius 3 is 2.31 bits per heavy atom. The summed E-state index contributed by atoms with van der Waals surface area (Å²) in [5.74, 6) is -1.40. The summed E-state index contributed by atoms with van der Waals surface area (Å²) >= 11 is 0. The molecule has 1 fully saturated rings. The summed E-state index contributed by atoms with van der Waals surface area (Å²) in [6, 6.07) is -1.31. The SMILES string of the molecule is CC(C)(CO)[C@@H](O)C(=O)NCCC(=O)N[C@H]1C(O)O[C@H](CO)[C@@H](O)[C@@H]1O. The molecule has 152 valence electrons. The Morgan fingerprint density at radius 2 is 1.77 bits per heavy atom. The first-order chi connectivity index (χ1) is 12.0. The van der Waals surface area contributed by atoms with Crippen molar-refractivity contribution in [1.82, 2.24) is 10.6 Å². The predicted molar refractivity (Wildman–Crippen MR) is 86.4 cm³/mol. The van der Waals surface area contributed by atoms with E-state index in [4.69, 9.17) is 14.9 Å². The van der Waals surface area contributed by atoms with Gasteiger partial charge in [-0.05, 0) is 0 Å². The molecule has 11 heteroatoms. The Kier molecular flexibility index (Phi) is 8.34. The molecule has 1 heterocycles. The number of aliphatic hydroxyl groups is 6. The van der Waals surface area contributed by atoms with Gasteiger partial charge in [-0.1, -0.05) is 13.8 Å². The third-order valence-electron chi connectivity index (χ3n) is 4.28. The van der Waals surface area contributed by atoms with Crippen LogP contribution >= 0.6 is 0 Å². The van der Waals surface area contributed by atoms with Crippen LogP contribution in [0.4, 0.5) is 0 Å². The number of nitrogens with one attached hydrogen (secondary N) is 2. The number of aliphatic hydroxyl groups excluding tert-OH is 6. The highest BCUT2D eigenvalue weighted by atomic mass is 16.6. The maximum Gasteiger partial charge on any atom is 0.249 e. The average Bonchev–Trinajstić information content (AvgIpc) is 2.60. The van der Waals surface area contributed by atoms with Crippen LogP contribution in [0.25, 0.3) is 0 Å². The van der Waals surface area contributed by atoms with Gasteiger partial charge in [-0.25, -0.2) is 0 Å². The van der Waals surface area contributed by atoms with E-state index in [0.29, 0.717) is 0 Å². The Morgan fingerprint density at radius 1 is 1.15 bits per heavy atom. The number of amides is 2. The van der Waals surface area contributed by atoms with Crippen LogP contribution in [0.2, 0.25) is 0 Å². The smallest absolute Gasteiger partial charge is 0.249 e. The highest BCUT2D eigenvalue weighted by Gasteiger charge is 2.44. The van der Waals surface area contributed by atoms with Gasteiger partial charge in [0.1, 0.15) is 30.5 Å². The fourth-order valence-corrected chi connectivity index (χ4v) is 2.35. The lowest BCUT2D eigenvalue weighted by Crippen LogP contribution is -2.64. The zero-order chi connectivity index (χ0) is 20.1. The first-order valence-electron chi connectivity index (χ1n) is 8.21. The van der Waals surface area contributed by atoms with Crippen molar-refractivity contribution in [2.75, 3.05) is 19.8 Å². The number of hydrogen-bond acceptors (Lipinski definition) is 9. The second-order valence-corrected chi connectivity index (χ2v) is 6.91. The average molecular weight is 380 g/mol. The first-order valence-corrected chi connectivity index (χ1v) is 8.21. The summed E-state index contributed by atoms with van der Waals surface area (Å²) < 4.78 is 4.91. The quantitative estimate of drug-likeness (QED) is 0.206. The van der Waals surface area contributed by atoms with Gasteiger partial charge in [0.05, 0.1) is 13.2 Å². The summed E-state index contributed by atoms with van der Waals surface area (Å²) in [5.41, 5.74) is -1.04. The highest BCUT2D eigenvalue weighted by Crippen LogP contribution is 2.20. The van der Waals surface area contributed by atoms with Gasteiger partial charge in [0.25, 0.3) is 0 Å². The fraction of sp³-hybridized carbons (Fsp3) is 0.867. The lowest BCUT2D eigenvalue weighted by molar-refractivity contribution is -0.253. The zero-order valence-electron chi connectivity index (χ0n) is 14.7. The molecule has 0 radical (unpaired) electrons. The molecule has 1 aliphatic rings. The topological polar surface area (TPSA) is 189 Å². The molecule has 6 atom stereocenters. The van der Waals surface area contributed by atoms with E-state index in [0.717, 1.165) is 0 Å². The summed E-state index contributed by atoms with van der Waals surface area (Å²) in [6.45, 7) is 1.84. The van der Waals surface area contributed by atoms with Gasteiger partial charge in [0, 0.05) is 18.4 Å². The van der Waals surface area contributed by atoms with Crippen LogP contribution in [0.3, 0.4) is 0 Å². The monoisotopic (exact) mass is 380 g/mol. The van der Waals surface area contributed by atoms with E-state index in [1.807, 2.05) is 0 Å². The van der Waals surface area contributed by atoms with Gasteiger partial charge in [-0.15, -0.1) is 0 Å². The Labute approximate surface area is 150 Å². The molecular weight excluding hydrogens is 352 g/mol. The van der Waals surface area contributed by atoms with Crippen molar-refractivity contribution in [1.29, 1.82) is 0 Å².